The van der Waals surface area contributed by atoms with E-state index < -0.39 is 0 Å². The number of nitrogens with zero attached hydrogens (tertiary/aromatic N) is 3. The van der Waals surface area contributed by atoms with Crippen molar-refractivity contribution in [2.24, 2.45) is 7.05 Å². The average molecular weight is 316 g/mol. The van der Waals surface area contributed by atoms with Gasteiger partial charge in [0.05, 0.1) is 16.6 Å². The molecule has 2 heterocycles. The van der Waals surface area contributed by atoms with Gasteiger partial charge in [-0.3, -0.25) is 9.78 Å². The summed E-state index contributed by atoms with van der Waals surface area (Å²) in [6.45, 7) is 1.96. The maximum absolute atomic E-state index is 12.5. The predicted molar refractivity (Wildman–Crippen MR) is 95.1 cm³/mol. The smallest absolute Gasteiger partial charge is 0.255 e. The van der Waals surface area contributed by atoms with Gasteiger partial charge in [0, 0.05) is 29.9 Å². The maximum Gasteiger partial charge on any atom is 0.255 e. The summed E-state index contributed by atoms with van der Waals surface area (Å²) >= 11 is 0. The molecule has 5 nitrogen and oxygen atoms in total. The van der Waals surface area contributed by atoms with E-state index in [4.69, 9.17) is 0 Å². The van der Waals surface area contributed by atoms with Gasteiger partial charge in [-0.15, -0.1) is 0 Å². The fraction of sp³-hybridized carbons (Fsp3) is 0.105. The number of imidazole rings is 1. The van der Waals surface area contributed by atoms with E-state index in [1.54, 1.807) is 12.3 Å². The molecule has 0 atom stereocenters. The van der Waals surface area contributed by atoms with E-state index in [-0.39, 0.29) is 5.91 Å². The Morgan fingerprint density at radius 3 is 2.83 bits per heavy atom. The highest BCUT2D eigenvalue weighted by Gasteiger charge is 2.09. The van der Waals surface area contributed by atoms with Gasteiger partial charge in [0.25, 0.3) is 5.91 Å². The number of hydrogen-bond acceptors (Lipinski definition) is 3. The molecule has 4 rings (SSSR count). The van der Waals surface area contributed by atoms with Crippen molar-refractivity contribution in [2.45, 2.75) is 6.92 Å². The number of aryl methyl sites for hydroxylation is 2. The summed E-state index contributed by atoms with van der Waals surface area (Å²) in [6.07, 6.45) is 1.74. The van der Waals surface area contributed by atoms with Crippen LogP contribution in [0.25, 0.3) is 21.9 Å². The summed E-state index contributed by atoms with van der Waals surface area (Å²) in [5.74, 6) is 0.795. The van der Waals surface area contributed by atoms with Gasteiger partial charge >= 0.3 is 0 Å². The quantitative estimate of drug-likeness (QED) is 0.613. The van der Waals surface area contributed by atoms with Gasteiger partial charge in [-0.25, -0.2) is 4.98 Å². The van der Waals surface area contributed by atoms with Crippen LogP contribution in [0.2, 0.25) is 0 Å². The number of amides is 1. The molecule has 0 aliphatic rings. The fourth-order valence-electron chi connectivity index (χ4n) is 2.82. The number of rotatable bonds is 2. The molecule has 0 saturated heterocycles. The minimum atomic E-state index is -0.146. The SMILES string of the molecule is Cc1nc2cc(NC(=O)c3ccc4ncccc4c3)ccc2n1C. The van der Waals surface area contributed by atoms with Crippen LogP contribution in [0.1, 0.15) is 16.2 Å². The number of carbonyl (C=O) groups is 1. The molecule has 0 bridgehead atoms. The first-order chi connectivity index (χ1) is 11.6. The number of anilines is 1. The summed E-state index contributed by atoms with van der Waals surface area (Å²) in [4.78, 5) is 21.3. The summed E-state index contributed by atoms with van der Waals surface area (Å²) in [7, 11) is 1.98. The fourth-order valence-corrected chi connectivity index (χ4v) is 2.82. The number of nitrogens with one attached hydrogen (secondary N) is 1. The minimum absolute atomic E-state index is 0.146. The summed E-state index contributed by atoms with van der Waals surface area (Å²) in [6, 6.07) is 15.1. The molecule has 0 aliphatic heterocycles. The number of aromatic nitrogens is 3. The summed E-state index contributed by atoms with van der Waals surface area (Å²) < 4.78 is 2.03. The van der Waals surface area contributed by atoms with Crippen LogP contribution in [0.4, 0.5) is 5.69 Å². The second-order valence-corrected chi connectivity index (χ2v) is 5.79. The molecule has 2 aromatic heterocycles. The highest BCUT2D eigenvalue weighted by atomic mass is 16.1. The largest absolute Gasteiger partial charge is 0.331 e. The third-order valence-electron chi connectivity index (χ3n) is 4.23. The van der Waals surface area contributed by atoms with Gasteiger partial charge in [-0.1, -0.05) is 6.07 Å². The molecule has 0 spiro atoms. The van der Waals surface area contributed by atoms with Gasteiger partial charge in [0.2, 0.25) is 0 Å². The van der Waals surface area contributed by atoms with Crippen LogP contribution in [0.15, 0.2) is 54.7 Å². The predicted octanol–water partition coefficient (Wildman–Crippen LogP) is 3.68. The van der Waals surface area contributed by atoms with Gasteiger partial charge in [0.1, 0.15) is 5.82 Å². The normalized spacial score (nSPS) is 11.1. The first-order valence-electron chi connectivity index (χ1n) is 7.71. The van der Waals surface area contributed by atoms with Crippen LogP contribution in [0, 0.1) is 6.92 Å². The second-order valence-electron chi connectivity index (χ2n) is 5.79. The Balaban J connectivity index is 1.65. The van der Waals surface area contributed by atoms with Crippen molar-refractivity contribution in [1.82, 2.24) is 14.5 Å². The Morgan fingerprint density at radius 2 is 1.96 bits per heavy atom. The molecule has 1 N–H and O–H groups in total. The molecule has 4 aromatic rings. The third kappa shape index (κ3) is 2.40. The molecule has 2 aromatic carbocycles. The Morgan fingerprint density at radius 1 is 1.08 bits per heavy atom. The van der Waals surface area contributed by atoms with E-state index in [2.05, 4.69) is 15.3 Å². The van der Waals surface area contributed by atoms with Crippen molar-refractivity contribution in [2.75, 3.05) is 5.32 Å². The topological polar surface area (TPSA) is 59.8 Å². The van der Waals surface area contributed by atoms with Crippen molar-refractivity contribution >= 4 is 33.5 Å². The van der Waals surface area contributed by atoms with E-state index >= 15 is 0 Å². The third-order valence-corrected chi connectivity index (χ3v) is 4.23. The minimum Gasteiger partial charge on any atom is -0.331 e. The van der Waals surface area contributed by atoms with E-state index in [0.29, 0.717) is 5.56 Å². The van der Waals surface area contributed by atoms with Crippen LogP contribution in [0.5, 0.6) is 0 Å². The lowest BCUT2D eigenvalue weighted by atomic mass is 10.1. The summed E-state index contributed by atoms with van der Waals surface area (Å²) in [5.41, 5.74) is 4.13. The van der Waals surface area contributed by atoms with Crippen LogP contribution in [-0.2, 0) is 7.05 Å². The molecule has 1 amide bonds. The van der Waals surface area contributed by atoms with E-state index in [1.165, 1.54) is 0 Å². The molecule has 24 heavy (non-hydrogen) atoms. The van der Waals surface area contributed by atoms with Crippen molar-refractivity contribution < 1.29 is 4.79 Å². The van der Waals surface area contributed by atoms with Gasteiger partial charge in [-0.05, 0) is 49.4 Å². The molecule has 0 unspecified atom stereocenters. The van der Waals surface area contributed by atoms with E-state index in [0.717, 1.165) is 33.4 Å². The van der Waals surface area contributed by atoms with Gasteiger partial charge < -0.3 is 9.88 Å². The zero-order valence-electron chi connectivity index (χ0n) is 13.4. The van der Waals surface area contributed by atoms with E-state index in [9.17, 15) is 4.79 Å². The van der Waals surface area contributed by atoms with Crippen molar-refractivity contribution in [3.63, 3.8) is 0 Å². The lowest BCUT2D eigenvalue weighted by molar-refractivity contribution is 0.102. The lowest BCUT2D eigenvalue weighted by Crippen LogP contribution is -2.11. The Kier molecular flexibility index (Phi) is 3.27. The molecule has 118 valence electrons. The Hall–Kier alpha value is -3.21. The van der Waals surface area contributed by atoms with Crippen molar-refractivity contribution in [3.8, 4) is 0 Å². The number of carbonyl (C=O) groups excluding carboxylic acids is 1. The average Bonchev–Trinajstić information content (AvgIpc) is 2.88. The van der Waals surface area contributed by atoms with Crippen molar-refractivity contribution in [1.29, 1.82) is 0 Å². The standard InChI is InChI=1S/C19H16N4O/c1-12-21-17-11-15(6-8-18(17)23(12)2)22-19(24)14-5-7-16-13(10-14)4-3-9-20-16/h3-11H,1-2H3,(H,22,24). The van der Waals surface area contributed by atoms with Crippen LogP contribution in [0.3, 0.4) is 0 Å². The van der Waals surface area contributed by atoms with Crippen LogP contribution < -0.4 is 5.32 Å². The highest BCUT2D eigenvalue weighted by molar-refractivity contribution is 6.06. The van der Waals surface area contributed by atoms with E-state index in [1.807, 2.05) is 61.0 Å². The lowest BCUT2D eigenvalue weighted by Gasteiger charge is -2.06. The molecule has 5 heteroatoms. The number of fused-ring (bicyclic) bond motifs is 2. The van der Waals surface area contributed by atoms with Gasteiger partial charge in [-0.2, -0.15) is 0 Å². The van der Waals surface area contributed by atoms with Crippen LogP contribution >= 0.6 is 0 Å². The highest BCUT2D eigenvalue weighted by Crippen LogP contribution is 2.20. The Bertz CT molecular complexity index is 1080. The number of benzene rings is 2. The summed E-state index contributed by atoms with van der Waals surface area (Å²) in [5, 5.41) is 3.88. The zero-order valence-corrected chi connectivity index (χ0v) is 13.4. The first-order valence-corrected chi connectivity index (χ1v) is 7.71. The first kappa shape index (κ1) is 14.4. The molecular formula is C19H16N4O. The van der Waals surface area contributed by atoms with Gasteiger partial charge in [0.15, 0.2) is 0 Å². The van der Waals surface area contributed by atoms with Crippen LogP contribution in [-0.4, -0.2) is 20.4 Å². The second kappa shape index (κ2) is 5.45. The molecule has 0 saturated carbocycles. The zero-order chi connectivity index (χ0) is 16.7. The monoisotopic (exact) mass is 316 g/mol. The number of pyridine rings is 1. The maximum atomic E-state index is 12.5. The number of hydrogen-bond donors (Lipinski definition) is 1. The molecule has 0 aliphatic carbocycles. The van der Waals surface area contributed by atoms with Crippen molar-refractivity contribution in [3.05, 3.63) is 66.1 Å². The molecule has 0 fully saturated rings. The molecular weight excluding hydrogens is 300 g/mol. The molecule has 0 radical (unpaired) electrons. The Labute approximate surface area is 139 Å².